The Kier molecular flexibility index (Phi) is 1.82. The van der Waals surface area contributed by atoms with E-state index < -0.39 is 11.5 Å². The number of carboxylic acids is 1. The fourth-order valence-corrected chi connectivity index (χ4v) is 1.65. The van der Waals surface area contributed by atoms with Crippen LogP contribution in [0.3, 0.4) is 0 Å². The smallest absolute Gasteiger partial charge is 0.324 e. The van der Waals surface area contributed by atoms with Gasteiger partial charge in [-0.1, -0.05) is 12.1 Å². The number of carbonyl (C=O) groups is 1. The summed E-state index contributed by atoms with van der Waals surface area (Å²) < 4.78 is 12.8. The molecule has 2 rings (SSSR count). The monoisotopic (exact) mass is 195 g/mol. The second-order valence-electron chi connectivity index (χ2n) is 3.66. The Bertz CT molecular complexity index is 393. The molecule has 0 aliphatic heterocycles. The van der Waals surface area contributed by atoms with Crippen molar-refractivity contribution in [1.82, 2.24) is 0 Å². The molecule has 0 amide bonds. The Morgan fingerprint density at radius 1 is 1.64 bits per heavy atom. The predicted octanol–water partition coefficient (Wildman–Crippen LogP) is 1.10. The first kappa shape index (κ1) is 9.15. The summed E-state index contributed by atoms with van der Waals surface area (Å²) in [6, 6.07) is 5.92. The number of aliphatic carboxylic acids is 1. The van der Waals surface area contributed by atoms with E-state index in [4.69, 9.17) is 10.8 Å². The van der Waals surface area contributed by atoms with E-state index >= 15 is 0 Å². The number of hydrogen-bond donors (Lipinski definition) is 2. The minimum Gasteiger partial charge on any atom is -0.480 e. The summed E-state index contributed by atoms with van der Waals surface area (Å²) >= 11 is 0. The Balaban J connectivity index is 2.25. The van der Waals surface area contributed by atoms with Crippen molar-refractivity contribution in [1.29, 1.82) is 0 Å². The van der Waals surface area contributed by atoms with Crippen LogP contribution < -0.4 is 5.73 Å². The molecule has 1 aromatic carbocycles. The molecule has 1 aliphatic rings. The van der Waals surface area contributed by atoms with Crippen LogP contribution in [0.15, 0.2) is 24.3 Å². The molecule has 4 heteroatoms. The Labute approximate surface area is 80.3 Å². The van der Waals surface area contributed by atoms with Crippen molar-refractivity contribution in [3.63, 3.8) is 0 Å². The van der Waals surface area contributed by atoms with Crippen molar-refractivity contribution in [3.05, 3.63) is 35.6 Å². The number of hydrogen-bond acceptors (Lipinski definition) is 2. The Morgan fingerprint density at radius 2 is 2.36 bits per heavy atom. The number of nitrogens with two attached hydrogens (primary N) is 1. The summed E-state index contributed by atoms with van der Waals surface area (Å²) in [5.41, 5.74) is 5.07. The molecule has 2 atom stereocenters. The zero-order chi connectivity index (χ0) is 10.3. The minimum absolute atomic E-state index is 0.254. The quantitative estimate of drug-likeness (QED) is 0.742. The van der Waals surface area contributed by atoms with Gasteiger partial charge in [0.25, 0.3) is 0 Å². The lowest BCUT2D eigenvalue weighted by atomic mass is 10.1. The fourth-order valence-electron chi connectivity index (χ4n) is 1.65. The highest BCUT2D eigenvalue weighted by atomic mass is 19.1. The first-order valence-corrected chi connectivity index (χ1v) is 4.32. The summed E-state index contributed by atoms with van der Waals surface area (Å²) in [5, 5.41) is 8.79. The summed E-state index contributed by atoms with van der Waals surface area (Å²) in [4.78, 5) is 10.7. The largest absolute Gasteiger partial charge is 0.480 e. The Hall–Kier alpha value is -1.42. The van der Waals surface area contributed by atoms with Crippen LogP contribution in [0.25, 0.3) is 0 Å². The van der Waals surface area contributed by atoms with E-state index in [1.807, 2.05) is 0 Å². The van der Waals surface area contributed by atoms with E-state index in [-0.39, 0.29) is 11.7 Å². The molecule has 3 nitrogen and oxygen atoms in total. The van der Waals surface area contributed by atoms with Gasteiger partial charge in [-0.15, -0.1) is 0 Å². The van der Waals surface area contributed by atoms with Crippen molar-refractivity contribution < 1.29 is 14.3 Å². The van der Waals surface area contributed by atoms with Gasteiger partial charge >= 0.3 is 5.97 Å². The standard InChI is InChI=1S/C10H10FNO2/c11-7-3-1-2-6(4-7)8-5-10(8,12)9(13)14/h1-4,8H,5,12H2,(H,13,14)/t8-,10-/m0/s1. The van der Waals surface area contributed by atoms with Crippen molar-refractivity contribution >= 4 is 5.97 Å². The van der Waals surface area contributed by atoms with Gasteiger partial charge in [0.05, 0.1) is 0 Å². The second kappa shape index (κ2) is 2.78. The molecule has 0 bridgehead atoms. The van der Waals surface area contributed by atoms with Gasteiger partial charge in [0, 0.05) is 5.92 Å². The van der Waals surface area contributed by atoms with Gasteiger partial charge in [0.2, 0.25) is 0 Å². The van der Waals surface area contributed by atoms with Crippen molar-refractivity contribution in [2.75, 3.05) is 0 Å². The van der Waals surface area contributed by atoms with Crippen LogP contribution in [0.1, 0.15) is 17.9 Å². The van der Waals surface area contributed by atoms with E-state index in [1.54, 1.807) is 12.1 Å². The topological polar surface area (TPSA) is 63.3 Å². The highest BCUT2D eigenvalue weighted by Crippen LogP contribution is 2.49. The number of rotatable bonds is 2. The zero-order valence-electron chi connectivity index (χ0n) is 7.40. The molecule has 74 valence electrons. The lowest BCUT2D eigenvalue weighted by molar-refractivity contribution is -0.139. The average Bonchev–Trinajstić information content (AvgIpc) is 2.80. The molecular weight excluding hydrogens is 185 g/mol. The van der Waals surface area contributed by atoms with Crippen molar-refractivity contribution in [3.8, 4) is 0 Å². The van der Waals surface area contributed by atoms with Gasteiger partial charge in [0.15, 0.2) is 0 Å². The molecule has 0 heterocycles. The maximum absolute atomic E-state index is 12.8. The molecule has 1 saturated carbocycles. The van der Waals surface area contributed by atoms with Crippen LogP contribution in [0, 0.1) is 5.82 Å². The predicted molar refractivity (Wildman–Crippen MR) is 48.3 cm³/mol. The molecule has 0 saturated heterocycles. The molecule has 14 heavy (non-hydrogen) atoms. The molecule has 1 aromatic rings. The van der Waals surface area contributed by atoms with Gasteiger partial charge < -0.3 is 10.8 Å². The molecule has 0 aromatic heterocycles. The lowest BCUT2D eigenvalue weighted by Crippen LogP contribution is -2.34. The lowest BCUT2D eigenvalue weighted by Gasteiger charge is -2.04. The summed E-state index contributed by atoms with van der Waals surface area (Å²) in [7, 11) is 0. The molecule has 3 N–H and O–H groups in total. The van der Waals surface area contributed by atoms with E-state index in [2.05, 4.69) is 0 Å². The molecule has 1 aliphatic carbocycles. The van der Waals surface area contributed by atoms with Crippen LogP contribution in [0.5, 0.6) is 0 Å². The molecular formula is C10H10FNO2. The van der Waals surface area contributed by atoms with Crippen LogP contribution in [-0.2, 0) is 4.79 Å². The van der Waals surface area contributed by atoms with E-state index in [9.17, 15) is 9.18 Å². The van der Waals surface area contributed by atoms with E-state index in [0.29, 0.717) is 12.0 Å². The first-order chi connectivity index (χ1) is 6.54. The molecule has 0 radical (unpaired) electrons. The average molecular weight is 195 g/mol. The molecule has 0 unspecified atom stereocenters. The van der Waals surface area contributed by atoms with Crippen LogP contribution in [-0.4, -0.2) is 16.6 Å². The summed E-state index contributed by atoms with van der Waals surface area (Å²) in [6.45, 7) is 0. The van der Waals surface area contributed by atoms with Crippen molar-refractivity contribution in [2.24, 2.45) is 5.73 Å². The van der Waals surface area contributed by atoms with Crippen LogP contribution >= 0.6 is 0 Å². The zero-order valence-corrected chi connectivity index (χ0v) is 7.40. The summed E-state index contributed by atoms with van der Waals surface area (Å²) in [6.07, 6.45) is 0.381. The molecule has 1 fully saturated rings. The highest BCUT2D eigenvalue weighted by molar-refractivity contribution is 5.84. The number of benzene rings is 1. The van der Waals surface area contributed by atoms with Crippen molar-refractivity contribution in [2.45, 2.75) is 17.9 Å². The third-order valence-corrected chi connectivity index (χ3v) is 2.65. The normalized spacial score (nSPS) is 30.0. The van der Waals surface area contributed by atoms with Gasteiger partial charge in [-0.3, -0.25) is 4.79 Å². The van der Waals surface area contributed by atoms with Gasteiger partial charge in [-0.2, -0.15) is 0 Å². The van der Waals surface area contributed by atoms with Crippen LogP contribution in [0.2, 0.25) is 0 Å². The maximum atomic E-state index is 12.8. The maximum Gasteiger partial charge on any atom is 0.324 e. The number of carboxylic acid groups (broad SMARTS) is 1. The molecule has 0 spiro atoms. The Morgan fingerprint density at radius 3 is 2.86 bits per heavy atom. The van der Waals surface area contributed by atoms with Crippen LogP contribution in [0.4, 0.5) is 4.39 Å². The SMILES string of the molecule is N[C@@]1(C(=O)O)C[C@H]1c1cccc(F)c1. The highest BCUT2D eigenvalue weighted by Gasteiger charge is 2.58. The van der Waals surface area contributed by atoms with Gasteiger partial charge in [-0.25, -0.2) is 4.39 Å². The fraction of sp³-hybridized carbons (Fsp3) is 0.300. The second-order valence-corrected chi connectivity index (χ2v) is 3.66. The number of halogens is 1. The third kappa shape index (κ3) is 1.28. The van der Waals surface area contributed by atoms with Gasteiger partial charge in [-0.05, 0) is 24.1 Å². The minimum atomic E-state index is -1.19. The van der Waals surface area contributed by atoms with Gasteiger partial charge in [0.1, 0.15) is 11.4 Å². The third-order valence-electron chi connectivity index (χ3n) is 2.65. The first-order valence-electron chi connectivity index (χ1n) is 4.32. The summed E-state index contributed by atoms with van der Waals surface area (Å²) in [5.74, 6) is -1.63. The van der Waals surface area contributed by atoms with E-state index in [1.165, 1.54) is 12.1 Å². The van der Waals surface area contributed by atoms with E-state index in [0.717, 1.165) is 0 Å².